The average Bonchev–Trinajstić information content (AvgIpc) is 2.72. The second-order valence-corrected chi connectivity index (χ2v) is 5.05. The second kappa shape index (κ2) is 5.37. The quantitative estimate of drug-likeness (QED) is 0.834. The van der Waals surface area contributed by atoms with Gasteiger partial charge in [-0.25, -0.2) is 0 Å². The normalized spacial score (nSPS) is 13.4. The Bertz CT molecular complexity index is 470. The largest absolute Gasteiger partial charge is 0.346 e. The fourth-order valence-corrected chi connectivity index (χ4v) is 1.98. The second-order valence-electron chi connectivity index (χ2n) is 5.05. The zero-order valence-electron chi connectivity index (χ0n) is 11.0. The minimum Gasteiger partial charge on any atom is -0.346 e. The van der Waals surface area contributed by atoms with E-state index in [1.807, 2.05) is 0 Å². The van der Waals surface area contributed by atoms with Gasteiger partial charge in [-0.05, 0) is 30.4 Å². The van der Waals surface area contributed by atoms with Crippen molar-refractivity contribution in [3.8, 4) is 0 Å². The molecule has 2 heteroatoms. The first kappa shape index (κ1) is 12.2. The molecule has 1 heterocycles. The first-order chi connectivity index (χ1) is 8.18. The molecule has 2 nitrogen and oxygen atoms in total. The van der Waals surface area contributed by atoms with Gasteiger partial charge in [0.25, 0.3) is 0 Å². The van der Waals surface area contributed by atoms with Crippen molar-refractivity contribution in [2.75, 3.05) is 6.54 Å². The van der Waals surface area contributed by atoms with Gasteiger partial charge in [0.1, 0.15) is 0 Å². The molecule has 17 heavy (non-hydrogen) atoms. The van der Waals surface area contributed by atoms with Crippen molar-refractivity contribution in [3.05, 3.63) is 36.5 Å². The number of aromatic nitrogens is 1. The molecule has 0 radical (unpaired) electrons. The van der Waals surface area contributed by atoms with Crippen LogP contribution in [0.1, 0.15) is 20.8 Å². The Morgan fingerprint density at radius 3 is 2.65 bits per heavy atom. The Morgan fingerprint density at radius 2 is 1.88 bits per heavy atom. The van der Waals surface area contributed by atoms with E-state index < -0.39 is 0 Å². The maximum Gasteiger partial charge on any atom is 0.0480 e. The summed E-state index contributed by atoms with van der Waals surface area (Å²) < 4.78 is 2.31. The summed E-state index contributed by atoms with van der Waals surface area (Å²) in [5, 5.41) is 4.89. The van der Waals surface area contributed by atoms with Crippen molar-refractivity contribution in [3.63, 3.8) is 0 Å². The molecule has 0 saturated heterocycles. The first-order valence-electron chi connectivity index (χ1n) is 6.46. The summed E-state index contributed by atoms with van der Waals surface area (Å²) in [6, 6.07) is 11.3. The summed E-state index contributed by atoms with van der Waals surface area (Å²) in [7, 11) is 0. The molecule has 0 spiro atoms. The molecule has 92 valence electrons. The van der Waals surface area contributed by atoms with Crippen molar-refractivity contribution < 1.29 is 0 Å². The topological polar surface area (TPSA) is 17.0 Å². The molecule has 0 bridgehead atoms. The lowest BCUT2D eigenvalue weighted by molar-refractivity contribution is 0.418. The molecule has 1 unspecified atom stereocenters. The summed E-state index contributed by atoms with van der Waals surface area (Å²) in [6.45, 7) is 8.81. The van der Waals surface area contributed by atoms with E-state index in [2.05, 4.69) is 67.2 Å². The van der Waals surface area contributed by atoms with Gasteiger partial charge in [0, 0.05) is 30.8 Å². The average molecular weight is 230 g/mol. The van der Waals surface area contributed by atoms with Crippen LogP contribution in [0, 0.1) is 5.92 Å². The number of fused-ring (bicyclic) bond motifs is 1. The van der Waals surface area contributed by atoms with Gasteiger partial charge >= 0.3 is 0 Å². The molecule has 0 aliphatic rings. The van der Waals surface area contributed by atoms with Gasteiger partial charge in [-0.1, -0.05) is 32.0 Å². The fourth-order valence-electron chi connectivity index (χ4n) is 1.98. The standard InChI is InChI=1S/C15H22N2/c1-12(2)13(3)16-9-11-17-10-8-14-6-4-5-7-15(14)17/h4-8,10,12-13,16H,9,11H2,1-3H3. The Hall–Kier alpha value is -1.28. The van der Waals surface area contributed by atoms with Crippen LogP contribution < -0.4 is 5.32 Å². The van der Waals surface area contributed by atoms with Crippen molar-refractivity contribution in [2.45, 2.75) is 33.4 Å². The van der Waals surface area contributed by atoms with E-state index in [1.165, 1.54) is 10.9 Å². The minimum atomic E-state index is 0.580. The van der Waals surface area contributed by atoms with Crippen molar-refractivity contribution in [2.24, 2.45) is 5.92 Å². The van der Waals surface area contributed by atoms with Crippen LogP contribution in [0.4, 0.5) is 0 Å². The predicted molar refractivity (Wildman–Crippen MR) is 74.2 cm³/mol. The molecule has 0 saturated carbocycles. The monoisotopic (exact) mass is 230 g/mol. The number of nitrogens with zero attached hydrogens (tertiary/aromatic N) is 1. The SMILES string of the molecule is CC(C)C(C)NCCn1ccc2ccccc21. The highest BCUT2D eigenvalue weighted by atomic mass is 15.0. The molecular weight excluding hydrogens is 208 g/mol. The van der Waals surface area contributed by atoms with Gasteiger partial charge in [0.05, 0.1) is 0 Å². The van der Waals surface area contributed by atoms with Crippen LogP contribution in [0.3, 0.4) is 0 Å². The molecule has 1 aromatic heterocycles. The lowest BCUT2D eigenvalue weighted by Crippen LogP contribution is -2.33. The Labute approximate surface area is 104 Å². The molecule has 1 N–H and O–H groups in total. The summed E-state index contributed by atoms with van der Waals surface area (Å²) in [6.07, 6.45) is 2.17. The Kier molecular flexibility index (Phi) is 3.85. The van der Waals surface area contributed by atoms with Crippen LogP contribution in [-0.4, -0.2) is 17.2 Å². The van der Waals surface area contributed by atoms with Crippen LogP contribution in [0.2, 0.25) is 0 Å². The maximum absolute atomic E-state index is 3.56. The smallest absolute Gasteiger partial charge is 0.0480 e. The lowest BCUT2D eigenvalue weighted by atomic mass is 10.1. The Balaban J connectivity index is 1.95. The van der Waals surface area contributed by atoms with E-state index in [-0.39, 0.29) is 0 Å². The van der Waals surface area contributed by atoms with Crippen molar-refractivity contribution >= 4 is 10.9 Å². The third kappa shape index (κ3) is 2.89. The molecular formula is C15H22N2. The molecule has 0 fully saturated rings. The number of benzene rings is 1. The van der Waals surface area contributed by atoms with Gasteiger partial charge < -0.3 is 9.88 Å². The molecule has 0 amide bonds. The summed E-state index contributed by atoms with van der Waals surface area (Å²) >= 11 is 0. The van der Waals surface area contributed by atoms with E-state index in [4.69, 9.17) is 0 Å². The van der Waals surface area contributed by atoms with E-state index in [0.29, 0.717) is 12.0 Å². The van der Waals surface area contributed by atoms with E-state index in [0.717, 1.165) is 13.1 Å². The van der Waals surface area contributed by atoms with Gasteiger partial charge in [-0.2, -0.15) is 0 Å². The molecule has 2 aromatic rings. The van der Waals surface area contributed by atoms with Crippen molar-refractivity contribution in [1.29, 1.82) is 0 Å². The van der Waals surface area contributed by atoms with Gasteiger partial charge in [-0.3, -0.25) is 0 Å². The summed E-state index contributed by atoms with van der Waals surface area (Å²) in [5.74, 6) is 0.691. The molecule has 0 aliphatic carbocycles. The van der Waals surface area contributed by atoms with Gasteiger partial charge in [0.2, 0.25) is 0 Å². The number of hydrogen-bond acceptors (Lipinski definition) is 1. The number of hydrogen-bond donors (Lipinski definition) is 1. The van der Waals surface area contributed by atoms with Gasteiger partial charge in [0.15, 0.2) is 0 Å². The van der Waals surface area contributed by atoms with Crippen LogP contribution in [0.15, 0.2) is 36.5 Å². The molecule has 1 aromatic carbocycles. The molecule has 1 atom stereocenters. The highest BCUT2D eigenvalue weighted by Gasteiger charge is 2.05. The maximum atomic E-state index is 3.56. The van der Waals surface area contributed by atoms with E-state index in [9.17, 15) is 0 Å². The predicted octanol–water partition coefficient (Wildman–Crippen LogP) is 3.28. The lowest BCUT2D eigenvalue weighted by Gasteiger charge is -2.17. The van der Waals surface area contributed by atoms with Gasteiger partial charge in [-0.15, -0.1) is 0 Å². The fraction of sp³-hybridized carbons (Fsp3) is 0.467. The van der Waals surface area contributed by atoms with Crippen LogP contribution >= 0.6 is 0 Å². The molecule has 0 aliphatic heterocycles. The number of para-hydroxylation sites is 1. The number of nitrogens with one attached hydrogen (secondary N) is 1. The van der Waals surface area contributed by atoms with Crippen LogP contribution in [0.25, 0.3) is 10.9 Å². The van der Waals surface area contributed by atoms with Crippen LogP contribution in [0.5, 0.6) is 0 Å². The third-order valence-electron chi connectivity index (χ3n) is 3.50. The van der Waals surface area contributed by atoms with E-state index in [1.54, 1.807) is 0 Å². The first-order valence-corrected chi connectivity index (χ1v) is 6.46. The molecule has 2 rings (SSSR count). The zero-order chi connectivity index (χ0) is 12.3. The zero-order valence-corrected chi connectivity index (χ0v) is 11.0. The minimum absolute atomic E-state index is 0.580. The summed E-state index contributed by atoms with van der Waals surface area (Å²) in [5.41, 5.74) is 1.33. The van der Waals surface area contributed by atoms with Crippen molar-refractivity contribution in [1.82, 2.24) is 9.88 Å². The number of rotatable bonds is 5. The highest BCUT2D eigenvalue weighted by Crippen LogP contribution is 2.14. The van der Waals surface area contributed by atoms with Crippen LogP contribution in [-0.2, 0) is 6.54 Å². The Morgan fingerprint density at radius 1 is 1.12 bits per heavy atom. The summed E-state index contributed by atoms with van der Waals surface area (Å²) in [4.78, 5) is 0. The highest BCUT2D eigenvalue weighted by molar-refractivity contribution is 5.79. The van der Waals surface area contributed by atoms with E-state index >= 15 is 0 Å². The third-order valence-corrected chi connectivity index (χ3v) is 3.50.